The first-order valence-corrected chi connectivity index (χ1v) is 10.1. The number of methoxy groups -OCH3 is 2. The molecule has 0 bridgehead atoms. The lowest BCUT2D eigenvalue weighted by molar-refractivity contribution is -0.139. The second-order valence-electron chi connectivity index (χ2n) is 8.13. The second kappa shape index (κ2) is 12.0. The summed E-state index contributed by atoms with van der Waals surface area (Å²) in [4.78, 5) is 36.1. The van der Waals surface area contributed by atoms with Gasteiger partial charge < -0.3 is 24.3 Å². The zero-order valence-corrected chi connectivity index (χ0v) is 19.4. The van der Waals surface area contributed by atoms with E-state index in [-0.39, 0.29) is 24.5 Å². The molecule has 8 nitrogen and oxygen atoms in total. The largest absolute Gasteiger partial charge is 0.492 e. The van der Waals surface area contributed by atoms with Crippen molar-refractivity contribution in [1.82, 2.24) is 5.32 Å². The number of hydrogen-bond acceptors (Lipinski definition) is 7. The molecule has 0 unspecified atom stereocenters. The summed E-state index contributed by atoms with van der Waals surface area (Å²) in [6, 6.07) is 7.11. The van der Waals surface area contributed by atoms with Crippen LogP contribution < -0.4 is 10.1 Å². The van der Waals surface area contributed by atoms with Crippen molar-refractivity contribution in [3.63, 3.8) is 0 Å². The van der Waals surface area contributed by atoms with Crippen molar-refractivity contribution in [3.8, 4) is 5.75 Å². The average molecular weight is 436 g/mol. The number of nitrogens with one attached hydrogen (secondary N) is 1. The first-order chi connectivity index (χ1) is 14.5. The Bertz CT molecular complexity index is 789. The van der Waals surface area contributed by atoms with Crippen LogP contribution >= 0.6 is 0 Å². The standard InChI is InChI=1S/C23H33NO7/c1-15(2)19(21(26)29-7)18(20(25)28-6)14-16-8-10-17(11-9-16)30-13-12-24-22(27)31-23(3,4)5/h8-11,15H,12-14H2,1-7H3,(H,24,27)/b19-18-. The molecule has 0 aliphatic heterocycles. The van der Waals surface area contributed by atoms with Crippen LogP contribution in [0, 0.1) is 5.92 Å². The maximum absolute atomic E-state index is 12.3. The molecule has 0 spiro atoms. The van der Waals surface area contributed by atoms with Gasteiger partial charge in [0, 0.05) is 6.42 Å². The van der Waals surface area contributed by atoms with E-state index in [2.05, 4.69) is 5.32 Å². The summed E-state index contributed by atoms with van der Waals surface area (Å²) in [5, 5.41) is 2.62. The Morgan fingerprint density at radius 3 is 2.03 bits per heavy atom. The van der Waals surface area contributed by atoms with Gasteiger partial charge in [-0.3, -0.25) is 0 Å². The van der Waals surface area contributed by atoms with E-state index in [4.69, 9.17) is 18.9 Å². The van der Waals surface area contributed by atoms with Crippen LogP contribution in [0.3, 0.4) is 0 Å². The molecule has 172 valence electrons. The van der Waals surface area contributed by atoms with Crippen LogP contribution in [0.5, 0.6) is 5.75 Å². The normalized spacial score (nSPS) is 12.0. The van der Waals surface area contributed by atoms with Gasteiger partial charge in [0.15, 0.2) is 0 Å². The fraction of sp³-hybridized carbons (Fsp3) is 0.522. The third-order valence-corrected chi connectivity index (χ3v) is 4.08. The molecule has 0 saturated carbocycles. The summed E-state index contributed by atoms with van der Waals surface area (Å²) >= 11 is 0. The number of carbonyl (C=O) groups excluding carboxylic acids is 3. The minimum Gasteiger partial charge on any atom is -0.492 e. The molecule has 0 saturated heterocycles. The Labute approximate surface area is 183 Å². The molecule has 0 fully saturated rings. The van der Waals surface area contributed by atoms with Gasteiger partial charge in [-0.1, -0.05) is 26.0 Å². The Morgan fingerprint density at radius 1 is 0.968 bits per heavy atom. The van der Waals surface area contributed by atoms with Crippen LogP contribution in [0.25, 0.3) is 0 Å². The van der Waals surface area contributed by atoms with E-state index in [1.807, 2.05) is 13.8 Å². The van der Waals surface area contributed by atoms with Crippen molar-refractivity contribution in [2.75, 3.05) is 27.4 Å². The molecule has 1 aromatic rings. The van der Waals surface area contributed by atoms with Gasteiger partial charge in [0.1, 0.15) is 18.0 Å². The van der Waals surface area contributed by atoms with Crippen LogP contribution in [0.1, 0.15) is 40.2 Å². The monoisotopic (exact) mass is 435 g/mol. The van der Waals surface area contributed by atoms with Gasteiger partial charge in [0.25, 0.3) is 0 Å². The van der Waals surface area contributed by atoms with E-state index < -0.39 is 23.6 Å². The van der Waals surface area contributed by atoms with Gasteiger partial charge in [-0.25, -0.2) is 14.4 Å². The minimum atomic E-state index is -0.567. The highest BCUT2D eigenvalue weighted by atomic mass is 16.6. The van der Waals surface area contributed by atoms with Crippen molar-refractivity contribution >= 4 is 18.0 Å². The highest BCUT2D eigenvalue weighted by Gasteiger charge is 2.25. The molecule has 0 aliphatic carbocycles. The Kier molecular flexibility index (Phi) is 10.0. The second-order valence-corrected chi connectivity index (χ2v) is 8.13. The number of alkyl carbamates (subject to hydrolysis) is 1. The van der Waals surface area contributed by atoms with Crippen LogP contribution in [-0.4, -0.2) is 51.0 Å². The predicted molar refractivity (Wildman–Crippen MR) is 116 cm³/mol. The van der Waals surface area contributed by atoms with Crippen LogP contribution in [0.15, 0.2) is 35.4 Å². The van der Waals surface area contributed by atoms with Gasteiger partial charge in [0.05, 0.1) is 31.9 Å². The molecule has 0 aliphatic rings. The van der Waals surface area contributed by atoms with E-state index in [0.717, 1.165) is 5.56 Å². The summed E-state index contributed by atoms with van der Waals surface area (Å²) < 4.78 is 20.5. The van der Waals surface area contributed by atoms with Gasteiger partial charge in [-0.05, 0) is 44.4 Å². The fourth-order valence-corrected chi connectivity index (χ4v) is 2.76. The third kappa shape index (κ3) is 9.11. The van der Waals surface area contributed by atoms with Gasteiger partial charge in [0.2, 0.25) is 0 Å². The quantitative estimate of drug-likeness (QED) is 0.274. The van der Waals surface area contributed by atoms with Crippen LogP contribution in [0.2, 0.25) is 0 Å². The number of hydrogen-bond donors (Lipinski definition) is 1. The van der Waals surface area contributed by atoms with E-state index >= 15 is 0 Å². The molecular weight excluding hydrogens is 402 g/mol. The van der Waals surface area contributed by atoms with Gasteiger partial charge in [-0.15, -0.1) is 0 Å². The summed E-state index contributed by atoms with van der Waals surface area (Å²) in [7, 11) is 2.56. The molecule has 1 N–H and O–H groups in total. The lowest BCUT2D eigenvalue weighted by Crippen LogP contribution is -2.34. The van der Waals surface area contributed by atoms with E-state index in [0.29, 0.717) is 17.9 Å². The summed E-state index contributed by atoms with van der Waals surface area (Å²) in [6.07, 6.45) is -0.282. The molecule has 31 heavy (non-hydrogen) atoms. The highest BCUT2D eigenvalue weighted by molar-refractivity contribution is 6.00. The van der Waals surface area contributed by atoms with Crippen molar-refractivity contribution in [2.24, 2.45) is 5.92 Å². The smallest absolute Gasteiger partial charge is 0.407 e. The van der Waals surface area contributed by atoms with Crippen molar-refractivity contribution in [3.05, 3.63) is 41.0 Å². The molecule has 1 rings (SSSR count). The topological polar surface area (TPSA) is 100 Å². The van der Waals surface area contributed by atoms with Gasteiger partial charge in [-0.2, -0.15) is 0 Å². The molecule has 0 radical (unpaired) electrons. The van der Waals surface area contributed by atoms with E-state index in [9.17, 15) is 14.4 Å². The minimum absolute atomic E-state index is 0.207. The van der Waals surface area contributed by atoms with Crippen molar-refractivity contribution in [2.45, 2.75) is 46.6 Å². The molecule has 0 heterocycles. The summed E-state index contributed by atoms with van der Waals surface area (Å²) in [5.41, 5.74) is 0.811. The third-order valence-electron chi connectivity index (χ3n) is 4.08. The van der Waals surface area contributed by atoms with E-state index in [1.165, 1.54) is 14.2 Å². The number of carbonyl (C=O) groups is 3. The number of esters is 2. The summed E-state index contributed by atoms with van der Waals surface area (Å²) in [5.74, 6) is -0.715. The first kappa shape index (κ1) is 26.0. The fourth-order valence-electron chi connectivity index (χ4n) is 2.76. The average Bonchev–Trinajstić information content (AvgIpc) is 2.69. The van der Waals surface area contributed by atoms with E-state index in [1.54, 1.807) is 45.0 Å². The SMILES string of the molecule is COC(=O)/C(Cc1ccc(OCCNC(=O)OC(C)(C)C)cc1)=C(\C(=O)OC)C(C)C. The molecule has 1 amide bonds. The molecular formula is C23H33NO7. The molecule has 0 aromatic heterocycles. The molecule has 1 aromatic carbocycles. The molecule has 8 heteroatoms. The van der Waals surface area contributed by atoms with Crippen molar-refractivity contribution < 1.29 is 33.3 Å². The lowest BCUT2D eigenvalue weighted by atomic mass is 9.93. The highest BCUT2D eigenvalue weighted by Crippen LogP contribution is 2.23. The Hall–Kier alpha value is -3.03. The number of ether oxygens (including phenoxy) is 4. The van der Waals surface area contributed by atoms with Crippen molar-refractivity contribution in [1.29, 1.82) is 0 Å². The van der Waals surface area contributed by atoms with Crippen LogP contribution in [-0.2, 0) is 30.2 Å². The zero-order chi connectivity index (χ0) is 23.6. The Balaban J connectivity index is 2.77. The molecule has 0 atom stereocenters. The predicted octanol–water partition coefficient (Wildman–Crippen LogP) is 3.43. The lowest BCUT2D eigenvalue weighted by Gasteiger charge is -2.19. The number of rotatable bonds is 9. The summed E-state index contributed by atoms with van der Waals surface area (Å²) in [6.45, 7) is 9.58. The van der Waals surface area contributed by atoms with Crippen LogP contribution in [0.4, 0.5) is 4.79 Å². The zero-order valence-electron chi connectivity index (χ0n) is 19.4. The Morgan fingerprint density at radius 2 is 1.55 bits per heavy atom. The number of benzene rings is 1. The number of amides is 1. The maximum atomic E-state index is 12.3. The maximum Gasteiger partial charge on any atom is 0.407 e. The first-order valence-electron chi connectivity index (χ1n) is 10.1. The van der Waals surface area contributed by atoms with Gasteiger partial charge >= 0.3 is 18.0 Å².